The lowest BCUT2D eigenvalue weighted by atomic mass is 10.0. The SMILES string of the molecule is O=C(Nc1ccnc(C(F)(F)F)c1)c1n[nH]c2ccc(-c3cncc(NC(=O)C4CC4)c3)cc12. The number of amides is 2. The Bertz CT molecular complexity index is 1410. The number of hydrogen-bond donors (Lipinski definition) is 3. The summed E-state index contributed by atoms with van der Waals surface area (Å²) in [5.41, 5.74) is 1.44. The van der Waals surface area contributed by atoms with E-state index in [1.807, 2.05) is 6.07 Å². The van der Waals surface area contributed by atoms with Crippen LogP contribution in [-0.4, -0.2) is 32.0 Å². The van der Waals surface area contributed by atoms with Gasteiger partial charge in [-0.3, -0.25) is 24.7 Å². The Morgan fingerprint density at radius 2 is 1.79 bits per heavy atom. The topological polar surface area (TPSA) is 113 Å². The Balaban J connectivity index is 1.41. The molecule has 1 aromatic carbocycles. The zero-order valence-electron chi connectivity index (χ0n) is 17.5. The molecule has 0 saturated heterocycles. The van der Waals surface area contributed by atoms with Gasteiger partial charge in [0.25, 0.3) is 5.91 Å². The van der Waals surface area contributed by atoms with Gasteiger partial charge in [-0.2, -0.15) is 18.3 Å². The lowest BCUT2D eigenvalue weighted by Gasteiger charge is -2.09. The Morgan fingerprint density at radius 3 is 2.56 bits per heavy atom. The van der Waals surface area contributed by atoms with Crippen molar-refractivity contribution in [2.75, 3.05) is 10.6 Å². The minimum absolute atomic E-state index is 0.0216. The number of aromatic amines is 1. The molecule has 0 unspecified atom stereocenters. The highest BCUT2D eigenvalue weighted by Crippen LogP contribution is 2.32. The third kappa shape index (κ3) is 4.45. The largest absolute Gasteiger partial charge is 0.433 e. The van der Waals surface area contributed by atoms with E-state index in [0.29, 0.717) is 22.2 Å². The molecule has 172 valence electrons. The highest BCUT2D eigenvalue weighted by atomic mass is 19.4. The van der Waals surface area contributed by atoms with Gasteiger partial charge in [0, 0.05) is 34.9 Å². The Kier molecular flexibility index (Phi) is 5.23. The molecular weight excluding hydrogens is 449 g/mol. The zero-order valence-corrected chi connectivity index (χ0v) is 17.5. The summed E-state index contributed by atoms with van der Waals surface area (Å²) in [5.74, 6) is -0.654. The predicted octanol–water partition coefficient (Wildman–Crippen LogP) is 4.64. The van der Waals surface area contributed by atoms with E-state index in [2.05, 4.69) is 30.8 Å². The number of H-pyrrole nitrogens is 1. The third-order valence-electron chi connectivity index (χ3n) is 5.37. The number of alkyl halides is 3. The van der Waals surface area contributed by atoms with Crippen LogP contribution < -0.4 is 10.6 Å². The van der Waals surface area contributed by atoms with Gasteiger partial charge in [0.15, 0.2) is 5.69 Å². The highest BCUT2D eigenvalue weighted by Gasteiger charge is 2.32. The first-order chi connectivity index (χ1) is 16.3. The molecule has 3 heterocycles. The molecule has 34 heavy (non-hydrogen) atoms. The first kappa shape index (κ1) is 21.6. The summed E-state index contributed by atoms with van der Waals surface area (Å²) in [6.07, 6.45) is 1.30. The zero-order chi connectivity index (χ0) is 23.9. The average molecular weight is 466 g/mol. The van der Waals surface area contributed by atoms with Gasteiger partial charge in [-0.25, -0.2) is 0 Å². The van der Waals surface area contributed by atoms with Crippen molar-refractivity contribution >= 4 is 34.1 Å². The van der Waals surface area contributed by atoms with E-state index in [1.54, 1.807) is 30.6 Å². The summed E-state index contributed by atoms with van der Waals surface area (Å²) in [7, 11) is 0. The number of nitrogens with one attached hydrogen (secondary N) is 3. The number of carbonyl (C=O) groups is 2. The second-order valence-electron chi connectivity index (χ2n) is 7.94. The van der Waals surface area contributed by atoms with E-state index < -0.39 is 17.8 Å². The fourth-order valence-electron chi connectivity index (χ4n) is 3.48. The average Bonchev–Trinajstić information content (AvgIpc) is 3.58. The van der Waals surface area contributed by atoms with Gasteiger partial charge in [0.1, 0.15) is 5.69 Å². The van der Waals surface area contributed by atoms with Crippen LogP contribution in [0.15, 0.2) is 55.0 Å². The first-order valence-electron chi connectivity index (χ1n) is 10.4. The number of nitrogens with zero attached hydrogens (tertiary/aromatic N) is 3. The van der Waals surface area contributed by atoms with E-state index in [0.717, 1.165) is 30.7 Å². The molecule has 5 rings (SSSR count). The molecule has 0 bridgehead atoms. The molecule has 3 N–H and O–H groups in total. The van der Waals surface area contributed by atoms with Crippen molar-refractivity contribution in [3.05, 3.63) is 66.4 Å². The van der Waals surface area contributed by atoms with Crippen LogP contribution in [0.2, 0.25) is 0 Å². The number of pyridine rings is 2. The van der Waals surface area contributed by atoms with Gasteiger partial charge in [-0.05, 0) is 48.7 Å². The highest BCUT2D eigenvalue weighted by molar-refractivity contribution is 6.11. The molecule has 11 heteroatoms. The number of rotatable bonds is 5. The van der Waals surface area contributed by atoms with Crippen LogP contribution >= 0.6 is 0 Å². The van der Waals surface area contributed by atoms with Gasteiger partial charge >= 0.3 is 6.18 Å². The fourth-order valence-corrected chi connectivity index (χ4v) is 3.48. The molecule has 3 aromatic heterocycles. The monoisotopic (exact) mass is 466 g/mol. The quantitative estimate of drug-likeness (QED) is 0.397. The summed E-state index contributed by atoms with van der Waals surface area (Å²) in [4.78, 5) is 32.3. The van der Waals surface area contributed by atoms with Gasteiger partial charge in [-0.15, -0.1) is 0 Å². The van der Waals surface area contributed by atoms with Crippen molar-refractivity contribution in [1.29, 1.82) is 0 Å². The molecule has 0 atom stereocenters. The first-order valence-corrected chi connectivity index (χ1v) is 10.4. The van der Waals surface area contributed by atoms with Crippen molar-refractivity contribution in [1.82, 2.24) is 20.2 Å². The van der Waals surface area contributed by atoms with Crippen LogP contribution in [0.5, 0.6) is 0 Å². The summed E-state index contributed by atoms with van der Waals surface area (Å²) < 4.78 is 38.7. The molecule has 0 radical (unpaired) electrons. The second kappa shape index (κ2) is 8.25. The molecule has 1 aliphatic carbocycles. The molecule has 0 aliphatic heterocycles. The predicted molar refractivity (Wildman–Crippen MR) is 118 cm³/mol. The van der Waals surface area contributed by atoms with Crippen LogP contribution in [0.4, 0.5) is 24.5 Å². The van der Waals surface area contributed by atoms with E-state index in [-0.39, 0.29) is 23.2 Å². The minimum atomic E-state index is -4.63. The molecule has 8 nitrogen and oxygen atoms in total. The number of hydrogen-bond acceptors (Lipinski definition) is 5. The van der Waals surface area contributed by atoms with Crippen molar-refractivity contribution in [3.8, 4) is 11.1 Å². The second-order valence-corrected chi connectivity index (χ2v) is 7.94. The maximum Gasteiger partial charge on any atom is 0.433 e. The number of carbonyl (C=O) groups excluding carboxylic acids is 2. The maximum absolute atomic E-state index is 12.9. The molecule has 2 amide bonds. The summed E-state index contributed by atoms with van der Waals surface area (Å²) >= 11 is 0. The van der Waals surface area contributed by atoms with Crippen molar-refractivity contribution in [2.45, 2.75) is 19.0 Å². The number of anilines is 2. The standard InChI is InChI=1S/C23H17F3N6O2/c24-23(25,26)19-9-15(5-6-28-19)29-22(34)20-17-8-13(3-4-18(17)31-32-20)14-7-16(11-27-10-14)30-21(33)12-1-2-12/h3-12H,1-2H2,(H,30,33)(H,31,32)(H,28,29,34). The molecular formula is C23H17F3N6O2. The van der Waals surface area contributed by atoms with E-state index in [1.165, 1.54) is 6.07 Å². The van der Waals surface area contributed by atoms with Crippen molar-refractivity contribution in [2.24, 2.45) is 5.92 Å². The summed E-state index contributed by atoms with van der Waals surface area (Å²) in [6, 6.07) is 9.07. The van der Waals surface area contributed by atoms with Gasteiger partial charge in [0.2, 0.25) is 5.91 Å². The lowest BCUT2D eigenvalue weighted by molar-refractivity contribution is -0.141. The van der Waals surface area contributed by atoms with Gasteiger partial charge in [0.05, 0.1) is 17.4 Å². The van der Waals surface area contributed by atoms with Crippen LogP contribution in [0.1, 0.15) is 29.0 Å². The minimum Gasteiger partial charge on any atom is -0.324 e. The fraction of sp³-hybridized carbons (Fsp3) is 0.174. The molecule has 1 aliphatic rings. The number of benzene rings is 1. The number of halogens is 3. The van der Waals surface area contributed by atoms with E-state index >= 15 is 0 Å². The van der Waals surface area contributed by atoms with Crippen molar-refractivity contribution in [3.63, 3.8) is 0 Å². The van der Waals surface area contributed by atoms with Crippen LogP contribution in [0.3, 0.4) is 0 Å². The molecule has 1 saturated carbocycles. The smallest absolute Gasteiger partial charge is 0.324 e. The Morgan fingerprint density at radius 1 is 0.971 bits per heavy atom. The third-order valence-corrected chi connectivity index (χ3v) is 5.37. The van der Waals surface area contributed by atoms with Gasteiger partial charge < -0.3 is 10.6 Å². The van der Waals surface area contributed by atoms with Crippen molar-refractivity contribution < 1.29 is 22.8 Å². The van der Waals surface area contributed by atoms with Crippen LogP contribution in [0.25, 0.3) is 22.0 Å². The van der Waals surface area contributed by atoms with Crippen LogP contribution in [-0.2, 0) is 11.0 Å². The lowest BCUT2D eigenvalue weighted by Crippen LogP contribution is -2.14. The molecule has 1 fully saturated rings. The maximum atomic E-state index is 12.9. The number of fused-ring (bicyclic) bond motifs is 1. The molecule has 0 spiro atoms. The normalized spacial score (nSPS) is 13.6. The molecule has 4 aromatic rings. The van der Waals surface area contributed by atoms with E-state index in [9.17, 15) is 22.8 Å². The Hall–Kier alpha value is -4.28. The van der Waals surface area contributed by atoms with Crippen LogP contribution in [0, 0.1) is 5.92 Å². The van der Waals surface area contributed by atoms with E-state index in [4.69, 9.17) is 0 Å². The Labute approximate surface area is 190 Å². The van der Waals surface area contributed by atoms with Gasteiger partial charge in [-0.1, -0.05) is 6.07 Å². The summed E-state index contributed by atoms with van der Waals surface area (Å²) in [6.45, 7) is 0. The number of aromatic nitrogens is 4. The summed E-state index contributed by atoms with van der Waals surface area (Å²) in [5, 5.41) is 12.5.